The number of hydrogen-bond acceptors (Lipinski definition) is 2. The van der Waals surface area contributed by atoms with Crippen LogP contribution in [0.2, 0.25) is 0 Å². The van der Waals surface area contributed by atoms with E-state index in [0.29, 0.717) is 0 Å². The molecule has 45 valence electrons. The van der Waals surface area contributed by atoms with Gasteiger partial charge >= 0.3 is 5.97 Å². The quantitative estimate of drug-likeness (QED) is 0.580. The third-order valence-corrected chi connectivity index (χ3v) is 1.08. The highest BCUT2D eigenvalue weighted by Gasteiger charge is 2.02. The Balaban J connectivity index is 3.38. The molecule has 0 aliphatic carbocycles. The lowest BCUT2D eigenvalue weighted by molar-refractivity contribution is -0.137. The molecule has 1 atom stereocenters. The lowest BCUT2D eigenvalue weighted by Crippen LogP contribution is -2.03. The summed E-state index contributed by atoms with van der Waals surface area (Å²) >= 11 is 4.38. The fraction of sp³-hybridized carbons (Fsp3) is 0.600. The Labute approximate surface area is 53.5 Å². The van der Waals surface area contributed by atoms with Crippen LogP contribution in [-0.2, 0) is 4.79 Å². The first-order chi connectivity index (χ1) is 3.66. The van der Waals surface area contributed by atoms with Crippen molar-refractivity contribution in [3.63, 3.8) is 0 Å². The molecule has 8 heavy (non-hydrogen) atoms. The van der Waals surface area contributed by atoms with Crippen LogP contribution < -0.4 is 0 Å². The van der Waals surface area contributed by atoms with Gasteiger partial charge in [0.25, 0.3) is 0 Å². The summed E-state index contributed by atoms with van der Waals surface area (Å²) in [5, 5.41) is 10.5. The molecule has 0 bridgehead atoms. The van der Waals surface area contributed by atoms with Crippen LogP contribution in [0.25, 0.3) is 0 Å². The molecule has 2 nitrogen and oxygen atoms in total. The summed E-state index contributed by atoms with van der Waals surface area (Å²) in [5.41, 5.74) is 0. The van der Waals surface area contributed by atoms with E-state index in [-0.39, 0.29) is 12.3 Å². The SMILES string of the molecule is CC([C]=S)CC(=O)O. The fourth-order valence-corrected chi connectivity index (χ4v) is 0.387. The molecule has 0 heterocycles. The number of aliphatic carboxylic acids is 1. The Morgan fingerprint density at radius 3 is 2.62 bits per heavy atom. The smallest absolute Gasteiger partial charge is 0.303 e. The number of carboxylic acids is 1. The van der Waals surface area contributed by atoms with Gasteiger partial charge in [-0.15, -0.1) is 0 Å². The number of carbonyl (C=O) groups is 1. The molecule has 0 amide bonds. The van der Waals surface area contributed by atoms with Crippen molar-refractivity contribution in [1.29, 1.82) is 0 Å². The molecule has 1 unspecified atom stereocenters. The first-order valence-electron chi connectivity index (χ1n) is 2.26. The minimum Gasteiger partial charge on any atom is -0.481 e. The van der Waals surface area contributed by atoms with Crippen LogP contribution in [0.3, 0.4) is 0 Å². The van der Waals surface area contributed by atoms with Crippen molar-refractivity contribution in [2.45, 2.75) is 13.3 Å². The Morgan fingerprint density at radius 1 is 2.00 bits per heavy atom. The van der Waals surface area contributed by atoms with Gasteiger partial charge in [0.05, 0.1) is 6.42 Å². The molecule has 0 rings (SSSR count). The molecule has 0 fully saturated rings. The Hall–Kier alpha value is -0.440. The summed E-state index contributed by atoms with van der Waals surface area (Å²) in [7, 11) is 0. The van der Waals surface area contributed by atoms with Crippen molar-refractivity contribution in [3.8, 4) is 0 Å². The Kier molecular flexibility index (Phi) is 3.35. The molecule has 3 heteroatoms. The fourth-order valence-electron chi connectivity index (χ4n) is 0.304. The molecule has 0 aromatic heterocycles. The minimum absolute atomic E-state index is 0.0868. The van der Waals surface area contributed by atoms with Gasteiger partial charge in [-0.1, -0.05) is 19.1 Å². The van der Waals surface area contributed by atoms with Crippen LogP contribution in [0, 0.1) is 5.92 Å². The van der Waals surface area contributed by atoms with Crippen molar-refractivity contribution in [1.82, 2.24) is 0 Å². The molecule has 0 aromatic rings. The summed E-state index contributed by atoms with van der Waals surface area (Å²) < 4.78 is 0. The minimum atomic E-state index is -0.824. The second-order valence-electron chi connectivity index (χ2n) is 1.62. The molecule has 0 aromatic carbocycles. The van der Waals surface area contributed by atoms with Gasteiger partial charge in [-0.2, -0.15) is 0 Å². The third kappa shape index (κ3) is 3.74. The summed E-state index contributed by atoms with van der Waals surface area (Å²) in [6.45, 7) is 1.72. The van der Waals surface area contributed by atoms with E-state index < -0.39 is 5.97 Å². The normalized spacial score (nSPS) is 12.6. The van der Waals surface area contributed by atoms with E-state index in [1.54, 1.807) is 6.92 Å². The van der Waals surface area contributed by atoms with Crippen LogP contribution in [-0.4, -0.2) is 16.4 Å². The molecule has 0 saturated carbocycles. The average Bonchev–Trinajstić information content (AvgIpc) is 1.65. The third-order valence-electron chi connectivity index (χ3n) is 0.682. The van der Waals surface area contributed by atoms with Gasteiger partial charge in [0.15, 0.2) is 0 Å². The molecule has 0 spiro atoms. The van der Waals surface area contributed by atoms with Gasteiger partial charge in [-0.25, -0.2) is 0 Å². The van der Waals surface area contributed by atoms with Crippen LogP contribution in [0.15, 0.2) is 0 Å². The van der Waals surface area contributed by atoms with E-state index in [2.05, 4.69) is 17.6 Å². The first kappa shape index (κ1) is 7.56. The van der Waals surface area contributed by atoms with Crippen molar-refractivity contribution in [2.24, 2.45) is 5.92 Å². The maximum absolute atomic E-state index is 9.88. The summed E-state index contributed by atoms with van der Waals surface area (Å²) in [5.74, 6) is -0.933. The van der Waals surface area contributed by atoms with Gasteiger partial charge in [0.1, 0.15) is 0 Å². The molecule has 0 aliphatic heterocycles. The molecular formula is C5H7O2S. The maximum Gasteiger partial charge on any atom is 0.303 e. The lowest BCUT2D eigenvalue weighted by atomic mass is 10.1. The van der Waals surface area contributed by atoms with Crippen molar-refractivity contribution >= 4 is 23.6 Å². The van der Waals surface area contributed by atoms with Gasteiger partial charge in [-0.3, -0.25) is 4.79 Å². The highest BCUT2D eigenvalue weighted by molar-refractivity contribution is 7.79. The highest BCUT2D eigenvalue weighted by atomic mass is 32.1. The zero-order valence-electron chi connectivity index (χ0n) is 4.55. The Morgan fingerprint density at radius 2 is 2.50 bits per heavy atom. The highest BCUT2D eigenvalue weighted by Crippen LogP contribution is 1.96. The number of rotatable bonds is 3. The second kappa shape index (κ2) is 3.55. The van der Waals surface area contributed by atoms with Gasteiger partial charge < -0.3 is 5.11 Å². The second-order valence-corrected chi connectivity index (χ2v) is 1.85. The number of thiocarbonyl (C=S) groups is 1. The van der Waals surface area contributed by atoms with Crippen LogP contribution >= 0.6 is 12.2 Å². The predicted molar refractivity (Wildman–Crippen MR) is 34.0 cm³/mol. The Bertz CT molecular complexity index is 101. The molecule has 0 saturated heterocycles. The summed E-state index contributed by atoms with van der Waals surface area (Å²) in [6.07, 6.45) is 0.0868. The van der Waals surface area contributed by atoms with Gasteiger partial charge in [0.2, 0.25) is 0 Å². The van der Waals surface area contributed by atoms with E-state index in [9.17, 15) is 4.79 Å². The summed E-state index contributed by atoms with van der Waals surface area (Å²) in [4.78, 5) is 9.88. The van der Waals surface area contributed by atoms with Crippen LogP contribution in [0.4, 0.5) is 0 Å². The lowest BCUT2D eigenvalue weighted by Gasteiger charge is -1.94. The maximum atomic E-state index is 9.88. The monoisotopic (exact) mass is 131 g/mol. The van der Waals surface area contributed by atoms with E-state index in [1.165, 1.54) is 0 Å². The standard InChI is InChI=1S/C5H7O2S/c1-4(3-8)2-5(6)7/h4H,2H2,1H3,(H,6,7). The largest absolute Gasteiger partial charge is 0.481 e. The van der Waals surface area contributed by atoms with E-state index in [1.807, 2.05) is 0 Å². The van der Waals surface area contributed by atoms with Gasteiger partial charge in [0, 0.05) is 11.3 Å². The number of carboxylic acid groups (broad SMARTS) is 1. The van der Waals surface area contributed by atoms with Crippen molar-refractivity contribution in [2.75, 3.05) is 0 Å². The van der Waals surface area contributed by atoms with Crippen LogP contribution in [0.5, 0.6) is 0 Å². The zero-order valence-corrected chi connectivity index (χ0v) is 5.36. The van der Waals surface area contributed by atoms with E-state index in [0.717, 1.165) is 0 Å². The molecular weight excluding hydrogens is 124 g/mol. The van der Waals surface area contributed by atoms with E-state index in [4.69, 9.17) is 5.11 Å². The van der Waals surface area contributed by atoms with Crippen LogP contribution in [0.1, 0.15) is 13.3 Å². The number of hydrogen-bond donors (Lipinski definition) is 1. The average molecular weight is 131 g/mol. The van der Waals surface area contributed by atoms with E-state index >= 15 is 0 Å². The predicted octanol–water partition coefficient (Wildman–Crippen LogP) is 0.974. The van der Waals surface area contributed by atoms with Crippen molar-refractivity contribution in [3.05, 3.63) is 0 Å². The topological polar surface area (TPSA) is 37.3 Å². The van der Waals surface area contributed by atoms with Gasteiger partial charge in [-0.05, 0) is 0 Å². The molecule has 1 radical (unpaired) electrons. The zero-order chi connectivity index (χ0) is 6.57. The summed E-state index contributed by atoms with van der Waals surface area (Å²) in [6, 6.07) is 0. The first-order valence-corrected chi connectivity index (χ1v) is 2.67. The molecule has 1 N–H and O–H groups in total. The van der Waals surface area contributed by atoms with Crippen molar-refractivity contribution < 1.29 is 9.90 Å². The molecule has 0 aliphatic rings.